The minimum absolute atomic E-state index is 0.427. The molecule has 0 bridgehead atoms. The SMILES string of the molecule is COCc1cc(NN)nc(-c2cccc(C)c2)n1. The van der Waals surface area contributed by atoms with Gasteiger partial charge in [0.1, 0.15) is 5.82 Å². The van der Waals surface area contributed by atoms with Gasteiger partial charge in [-0.15, -0.1) is 0 Å². The number of nitrogen functional groups attached to an aromatic ring is 1. The van der Waals surface area contributed by atoms with Gasteiger partial charge in [0.15, 0.2) is 5.82 Å². The number of nitrogens with zero attached hydrogens (tertiary/aromatic N) is 2. The van der Waals surface area contributed by atoms with Crippen molar-refractivity contribution in [3.8, 4) is 11.4 Å². The zero-order chi connectivity index (χ0) is 13.0. The van der Waals surface area contributed by atoms with E-state index < -0.39 is 0 Å². The number of hydrazine groups is 1. The number of rotatable bonds is 4. The second-order valence-electron chi connectivity index (χ2n) is 4.01. The average Bonchev–Trinajstić information content (AvgIpc) is 2.39. The van der Waals surface area contributed by atoms with Gasteiger partial charge in [0.05, 0.1) is 12.3 Å². The molecule has 0 saturated heterocycles. The molecule has 0 atom stereocenters. The maximum atomic E-state index is 5.41. The summed E-state index contributed by atoms with van der Waals surface area (Å²) in [5.74, 6) is 6.63. The molecule has 2 aromatic rings. The number of nitrogens with one attached hydrogen (secondary N) is 1. The van der Waals surface area contributed by atoms with Gasteiger partial charge in [0.2, 0.25) is 0 Å². The topological polar surface area (TPSA) is 73.1 Å². The van der Waals surface area contributed by atoms with E-state index >= 15 is 0 Å². The molecule has 0 saturated carbocycles. The summed E-state index contributed by atoms with van der Waals surface area (Å²) in [6, 6.07) is 9.78. The highest BCUT2D eigenvalue weighted by atomic mass is 16.5. The Morgan fingerprint density at radius 1 is 1.28 bits per heavy atom. The summed E-state index contributed by atoms with van der Waals surface area (Å²) in [4.78, 5) is 8.79. The molecule has 0 spiro atoms. The Labute approximate surface area is 106 Å². The van der Waals surface area contributed by atoms with E-state index in [0.717, 1.165) is 16.8 Å². The fourth-order valence-electron chi connectivity index (χ4n) is 1.71. The molecular formula is C13H16N4O. The van der Waals surface area contributed by atoms with Crippen LogP contribution in [-0.4, -0.2) is 17.1 Å². The smallest absolute Gasteiger partial charge is 0.161 e. The number of methoxy groups -OCH3 is 1. The molecule has 1 aromatic carbocycles. The van der Waals surface area contributed by atoms with Crippen LogP contribution in [0.25, 0.3) is 11.4 Å². The molecule has 0 unspecified atom stereocenters. The second-order valence-corrected chi connectivity index (χ2v) is 4.01. The van der Waals surface area contributed by atoms with Crippen LogP contribution in [0.4, 0.5) is 5.82 Å². The first-order valence-electron chi connectivity index (χ1n) is 5.63. The lowest BCUT2D eigenvalue weighted by atomic mass is 10.1. The van der Waals surface area contributed by atoms with Gasteiger partial charge in [-0.3, -0.25) is 0 Å². The molecule has 3 N–H and O–H groups in total. The highest BCUT2D eigenvalue weighted by Gasteiger charge is 2.06. The number of hydrogen-bond donors (Lipinski definition) is 2. The van der Waals surface area contributed by atoms with Crippen LogP contribution in [0.3, 0.4) is 0 Å². The number of aromatic nitrogens is 2. The highest BCUT2D eigenvalue weighted by Crippen LogP contribution is 2.19. The summed E-state index contributed by atoms with van der Waals surface area (Å²) in [5, 5.41) is 0. The van der Waals surface area contributed by atoms with Crippen molar-refractivity contribution in [2.24, 2.45) is 5.84 Å². The number of hydrogen-bond acceptors (Lipinski definition) is 5. The minimum atomic E-state index is 0.427. The molecule has 0 fully saturated rings. The lowest BCUT2D eigenvalue weighted by Gasteiger charge is -2.07. The van der Waals surface area contributed by atoms with Crippen molar-refractivity contribution in [3.05, 3.63) is 41.6 Å². The molecule has 18 heavy (non-hydrogen) atoms. The highest BCUT2D eigenvalue weighted by molar-refractivity contribution is 5.58. The summed E-state index contributed by atoms with van der Waals surface area (Å²) in [6.07, 6.45) is 0. The third-order valence-corrected chi connectivity index (χ3v) is 2.50. The number of aryl methyl sites for hydroxylation is 1. The normalized spacial score (nSPS) is 10.4. The van der Waals surface area contributed by atoms with Crippen molar-refractivity contribution in [1.29, 1.82) is 0 Å². The van der Waals surface area contributed by atoms with Gasteiger partial charge >= 0.3 is 0 Å². The summed E-state index contributed by atoms with van der Waals surface area (Å²) >= 11 is 0. The van der Waals surface area contributed by atoms with E-state index in [4.69, 9.17) is 10.6 Å². The summed E-state index contributed by atoms with van der Waals surface area (Å²) < 4.78 is 5.08. The maximum Gasteiger partial charge on any atom is 0.161 e. The van der Waals surface area contributed by atoms with Crippen LogP contribution in [0.1, 0.15) is 11.3 Å². The molecule has 5 heteroatoms. The van der Waals surface area contributed by atoms with Crippen molar-refractivity contribution >= 4 is 5.82 Å². The van der Waals surface area contributed by atoms with Crippen LogP contribution >= 0.6 is 0 Å². The fourth-order valence-corrected chi connectivity index (χ4v) is 1.71. The van der Waals surface area contributed by atoms with Gasteiger partial charge in [-0.2, -0.15) is 0 Å². The first-order valence-corrected chi connectivity index (χ1v) is 5.63. The van der Waals surface area contributed by atoms with Crippen LogP contribution in [-0.2, 0) is 11.3 Å². The predicted octanol–water partition coefficient (Wildman–Crippen LogP) is 1.88. The van der Waals surface area contributed by atoms with Crippen LogP contribution in [0, 0.1) is 6.92 Å². The number of nitrogens with two attached hydrogens (primary N) is 1. The first-order chi connectivity index (χ1) is 8.72. The Morgan fingerprint density at radius 2 is 2.11 bits per heavy atom. The average molecular weight is 244 g/mol. The Balaban J connectivity index is 2.46. The zero-order valence-electron chi connectivity index (χ0n) is 10.5. The van der Waals surface area contributed by atoms with E-state index in [9.17, 15) is 0 Å². The molecule has 1 aromatic heterocycles. The molecule has 5 nitrogen and oxygen atoms in total. The van der Waals surface area contributed by atoms with E-state index in [0.29, 0.717) is 18.2 Å². The van der Waals surface area contributed by atoms with E-state index in [-0.39, 0.29) is 0 Å². The van der Waals surface area contributed by atoms with E-state index in [1.165, 1.54) is 0 Å². The van der Waals surface area contributed by atoms with Crippen LogP contribution < -0.4 is 11.3 Å². The van der Waals surface area contributed by atoms with Crippen molar-refractivity contribution in [2.75, 3.05) is 12.5 Å². The number of ether oxygens (including phenoxy) is 1. The van der Waals surface area contributed by atoms with Crippen molar-refractivity contribution in [1.82, 2.24) is 9.97 Å². The largest absolute Gasteiger partial charge is 0.378 e. The Hall–Kier alpha value is -1.98. The predicted molar refractivity (Wildman–Crippen MR) is 70.7 cm³/mol. The first kappa shape index (κ1) is 12.5. The van der Waals surface area contributed by atoms with Gasteiger partial charge in [-0.1, -0.05) is 23.8 Å². The van der Waals surface area contributed by atoms with Gasteiger partial charge in [0, 0.05) is 18.7 Å². The van der Waals surface area contributed by atoms with Crippen LogP contribution in [0.15, 0.2) is 30.3 Å². The summed E-state index contributed by atoms with van der Waals surface area (Å²) in [7, 11) is 1.63. The summed E-state index contributed by atoms with van der Waals surface area (Å²) in [5.41, 5.74) is 5.46. The number of anilines is 1. The third-order valence-electron chi connectivity index (χ3n) is 2.50. The second kappa shape index (κ2) is 5.57. The quantitative estimate of drug-likeness (QED) is 0.634. The molecule has 94 valence electrons. The van der Waals surface area contributed by atoms with E-state index in [1.807, 2.05) is 31.2 Å². The molecule has 0 radical (unpaired) electrons. The summed E-state index contributed by atoms with van der Waals surface area (Å²) in [6.45, 7) is 2.46. The van der Waals surface area contributed by atoms with E-state index in [2.05, 4.69) is 15.4 Å². The Morgan fingerprint density at radius 3 is 2.78 bits per heavy atom. The molecule has 0 aliphatic rings. The maximum absolute atomic E-state index is 5.41. The van der Waals surface area contributed by atoms with Crippen molar-refractivity contribution < 1.29 is 4.74 Å². The zero-order valence-corrected chi connectivity index (χ0v) is 10.5. The van der Waals surface area contributed by atoms with Crippen LogP contribution in [0.2, 0.25) is 0 Å². The molecule has 1 heterocycles. The van der Waals surface area contributed by atoms with E-state index in [1.54, 1.807) is 13.2 Å². The molecule has 0 aliphatic heterocycles. The van der Waals surface area contributed by atoms with Crippen molar-refractivity contribution in [2.45, 2.75) is 13.5 Å². The van der Waals surface area contributed by atoms with Gasteiger partial charge < -0.3 is 10.2 Å². The monoisotopic (exact) mass is 244 g/mol. The lowest BCUT2D eigenvalue weighted by molar-refractivity contribution is 0.181. The minimum Gasteiger partial charge on any atom is -0.378 e. The molecule has 0 amide bonds. The lowest BCUT2D eigenvalue weighted by Crippen LogP contribution is -2.10. The molecule has 0 aliphatic carbocycles. The standard InChI is InChI=1S/C13H16N4O/c1-9-4-3-5-10(6-9)13-15-11(8-18-2)7-12(16-13)17-14/h3-7H,8,14H2,1-2H3,(H,15,16,17). The molecular weight excluding hydrogens is 228 g/mol. The number of benzene rings is 1. The Bertz CT molecular complexity index is 542. The van der Waals surface area contributed by atoms with Crippen molar-refractivity contribution in [3.63, 3.8) is 0 Å². The Kier molecular flexibility index (Phi) is 3.86. The van der Waals surface area contributed by atoms with Gasteiger partial charge in [-0.05, 0) is 13.0 Å². The van der Waals surface area contributed by atoms with Crippen LogP contribution in [0.5, 0.6) is 0 Å². The third kappa shape index (κ3) is 2.82. The van der Waals surface area contributed by atoms with Gasteiger partial charge in [-0.25, -0.2) is 15.8 Å². The fraction of sp³-hybridized carbons (Fsp3) is 0.231. The molecule has 2 rings (SSSR count). The van der Waals surface area contributed by atoms with Gasteiger partial charge in [0.25, 0.3) is 0 Å².